The van der Waals surface area contributed by atoms with Crippen LogP contribution in [0.3, 0.4) is 0 Å². The van der Waals surface area contributed by atoms with Gasteiger partial charge >= 0.3 is 0 Å². The topological polar surface area (TPSA) is 93.9 Å². The summed E-state index contributed by atoms with van der Waals surface area (Å²) in [5.74, 6) is 1.25. The highest BCUT2D eigenvalue weighted by Crippen LogP contribution is 2.32. The minimum absolute atomic E-state index is 0.0112. The monoisotopic (exact) mass is 539 g/mol. The number of carbonyl (C=O) groups is 2. The highest BCUT2D eigenvalue weighted by Gasteiger charge is 2.22. The fourth-order valence-electron chi connectivity index (χ4n) is 4.42. The quantitative estimate of drug-likeness (QED) is 0.305. The molecule has 1 aliphatic heterocycles. The predicted molar refractivity (Wildman–Crippen MR) is 150 cm³/mol. The van der Waals surface area contributed by atoms with Gasteiger partial charge in [-0.15, -0.1) is 0 Å². The first-order valence-electron chi connectivity index (χ1n) is 13.2. The number of nitrogens with one attached hydrogen (secondary N) is 1. The Morgan fingerprint density at radius 1 is 0.875 bits per heavy atom. The third-order valence-corrected chi connectivity index (χ3v) is 6.81. The molecule has 0 unspecified atom stereocenters. The van der Waals surface area contributed by atoms with Crippen molar-refractivity contribution in [1.29, 1.82) is 0 Å². The molecular formula is C32H33N3O5. The van der Waals surface area contributed by atoms with E-state index in [4.69, 9.17) is 14.0 Å². The Morgan fingerprint density at radius 3 is 2.30 bits per heavy atom. The molecule has 0 bridgehead atoms. The van der Waals surface area contributed by atoms with Crippen LogP contribution in [0.25, 0.3) is 0 Å². The number of aromatic nitrogens is 1. The number of rotatable bonds is 8. The van der Waals surface area contributed by atoms with Crippen molar-refractivity contribution in [3.05, 3.63) is 112 Å². The van der Waals surface area contributed by atoms with E-state index in [2.05, 4.69) is 31.2 Å². The van der Waals surface area contributed by atoms with Crippen molar-refractivity contribution in [2.45, 2.75) is 52.7 Å². The van der Waals surface area contributed by atoms with Crippen molar-refractivity contribution in [1.82, 2.24) is 15.4 Å². The van der Waals surface area contributed by atoms with E-state index in [0.29, 0.717) is 35.9 Å². The van der Waals surface area contributed by atoms with Crippen molar-refractivity contribution in [2.75, 3.05) is 6.79 Å². The maximum absolute atomic E-state index is 13.6. The maximum Gasteiger partial charge on any atom is 0.273 e. The van der Waals surface area contributed by atoms with Crippen molar-refractivity contribution in [3.8, 4) is 11.5 Å². The zero-order valence-corrected chi connectivity index (χ0v) is 23.2. The van der Waals surface area contributed by atoms with E-state index in [1.165, 1.54) is 0 Å². The summed E-state index contributed by atoms with van der Waals surface area (Å²) in [6, 6.07) is 22.9. The summed E-state index contributed by atoms with van der Waals surface area (Å²) < 4.78 is 16.2. The van der Waals surface area contributed by atoms with Gasteiger partial charge in [0, 0.05) is 24.7 Å². The van der Waals surface area contributed by atoms with Crippen molar-refractivity contribution >= 4 is 11.8 Å². The number of ether oxygens (including phenoxy) is 2. The third kappa shape index (κ3) is 6.34. The summed E-state index contributed by atoms with van der Waals surface area (Å²) in [7, 11) is 0. The SMILES string of the molecule is Cc1ccc(CN(Cc2cc(C(=O)NCc3ccc4c(c3)OCO4)no2)C(=O)c2ccc(C(C)(C)C)cc2)cc1. The second-order valence-electron chi connectivity index (χ2n) is 11.0. The van der Waals surface area contributed by atoms with Crippen LogP contribution in [0.4, 0.5) is 0 Å². The number of amides is 2. The van der Waals surface area contributed by atoms with Crippen molar-refractivity contribution in [3.63, 3.8) is 0 Å². The van der Waals surface area contributed by atoms with Gasteiger partial charge in [0.2, 0.25) is 6.79 Å². The summed E-state index contributed by atoms with van der Waals surface area (Å²) in [5.41, 5.74) is 4.88. The van der Waals surface area contributed by atoms with Gasteiger partial charge in [0.15, 0.2) is 23.0 Å². The Bertz CT molecular complexity index is 1500. The molecule has 0 aliphatic carbocycles. The fraction of sp³-hybridized carbons (Fsp3) is 0.281. The lowest BCUT2D eigenvalue weighted by Crippen LogP contribution is -2.30. The number of carbonyl (C=O) groups excluding carboxylic acids is 2. The lowest BCUT2D eigenvalue weighted by atomic mass is 9.86. The lowest BCUT2D eigenvalue weighted by molar-refractivity contribution is 0.0713. The smallest absolute Gasteiger partial charge is 0.273 e. The number of nitrogens with zero attached hydrogens (tertiary/aromatic N) is 2. The van der Waals surface area contributed by atoms with Gasteiger partial charge in [0.25, 0.3) is 11.8 Å². The summed E-state index contributed by atoms with van der Waals surface area (Å²) in [6.07, 6.45) is 0. The molecule has 2 amide bonds. The van der Waals surface area contributed by atoms with E-state index in [1.807, 2.05) is 73.7 Å². The molecule has 8 heteroatoms. The van der Waals surface area contributed by atoms with Gasteiger partial charge in [-0.25, -0.2) is 0 Å². The van der Waals surface area contributed by atoms with Crippen LogP contribution in [-0.2, 0) is 25.0 Å². The van der Waals surface area contributed by atoms with Crippen LogP contribution in [0.2, 0.25) is 0 Å². The molecule has 206 valence electrons. The van der Waals surface area contributed by atoms with Gasteiger partial charge in [-0.2, -0.15) is 0 Å². The van der Waals surface area contributed by atoms with Crippen LogP contribution >= 0.6 is 0 Å². The summed E-state index contributed by atoms with van der Waals surface area (Å²) in [5, 5.41) is 6.80. The zero-order valence-electron chi connectivity index (χ0n) is 23.2. The molecule has 2 heterocycles. The first-order valence-corrected chi connectivity index (χ1v) is 13.2. The van der Waals surface area contributed by atoms with Crippen LogP contribution in [0.5, 0.6) is 11.5 Å². The van der Waals surface area contributed by atoms with E-state index in [1.54, 1.807) is 11.0 Å². The summed E-state index contributed by atoms with van der Waals surface area (Å²) in [6.45, 7) is 9.47. The summed E-state index contributed by atoms with van der Waals surface area (Å²) in [4.78, 5) is 28.1. The molecule has 0 fully saturated rings. The van der Waals surface area contributed by atoms with E-state index < -0.39 is 0 Å². The maximum atomic E-state index is 13.6. The molecule has 3 aromatic carbocycles. The molecule has 40 heavy (non-hydrogen) atoms. The first-order chi connectivity index (χ1) is 19.2. The highest BCUT2D eigenvalue weighted by molar-refractivity contribution is 5.94. The van der Waals surface area contributed by atoms with Crippen LogP contribution in [-0.4, -0.2) is 28.7 Å². The number of fused-ring (bicyclic) bond motifs is 1. The molecule has 1 N–H and O–H groups in total. The molecule has 0 spiro atoms. The molecule has 0 radical (unpaired) electrons. The third-order valence-electron chi connectivity index (χ3n) is 6.81. The molecule has 1 aliphatic rings. The van der Waals surface area contributed by atoms with Gasteiger partial charge in [-0.3, -0.25) is 9.59 Å². The lowest BCUT2D eigenvalue weighted by Gasteiger charge is -2.23. The van der Waals surface area contributed by atoms with Crippen molar-refractivity contribution in [2.24, 2.45) is 0 Å². The number of hydrogen-bond acceptors (Lipinski definition) is 6. The number of aryl methyl sites for hydroxylation is 1. The standard InChI is InChI=1S/C32H33N3O5/c1-21-5-7-22(8-6-21)18-35(31(37)24-10-12-25(13-11-24)32(2,3)4)19-26-16-27(34-40-26)30(36)33-17-23-9-14-28-29(15-23)39-20-38-28/h5-16H,17-20H2,1-4H3,(H,33,36). The Kier molecular flexibility index (Phi) is 7.60. The van der Waals surface area contributed by atoms with Crippen LogP contribution in [0.15, 0.2) is 77.3 Å². The van der Waals surface area contributed by atoms with Gasteiger partial charge < -0.3 is 24.2 Å². The van der Waals surface area contributed by atoms with Gasteiger partial charge in [-0.05, 0) is 53.3 Å². The molecular weight excluding hydrogens is 506 g/mol. The van der Waals surface area contributed by atoms with Crippen LogP contribution in [0.1, 0.15) is 69.6 Å². The minimum atomic E-state index is -0.373. The van der Waals surface area contributed by atoms with Gasteiger partial charge in [0.1, 0.15) is 0 Å². The summed E-state index contributed by atoms with van der Waals surface area (Å²) >= 11 is 0. The largest absolute Gasteiger partial charge is 0.454 e. The second kappa shape index (κ2) is 11.3. The first kappa shape index (κ1) is 27.0. The Morgan fingerprint density at radius 2 is 1.57 bits per heavy atom. The fourth-order valence-corrected chi connectivity index (χ4v) is 4.42. The van der Waals surface area contributed by atoms with Crippen molar-refractivity contribution < 1.29 is 23.6 Å². The second-order valence-corrected chi connectivity index (χ2v) is 11.0. The normalized spacial score (nSPS) is 12.3. The predicted octanol–water partition coefficient (Wildman–Crippen LogP) is 5.78. The van der Waals surface area contributed by atoms with Crippen LogP contribution < -0.4 is 14.8 Å². The highest BCUT2D eigenvalue weighted by atomic mass is 16.7. The number of hydrogen-bond donors (Lipinski definition) is 1. The molecule has 8 nitrogen and oxygen atoms in total. The zero-order chi connectivity index (χ0) is 28.3. The Hall–Kier alpha value is -4.59. The van der Waals surface area contributed by atoms with E-state index in [0.717, 1.165) is 22.3 Å². The van der Waals surface area contributed by atoms with Crippen LogP contribution in [0, 0.1) is 6.92 Å². The Balaban J connectivity index is 1.29. The van der Waals surface area contributed by atoms with Gasteiger partial charge in [0.05, 0.1) is 6.54 Å². The molecule has 4 aromatic rings. The van der Waals surface area contributed by atoms with Gasteiger partial charge in [-0.1, -0.05) is 74.0 Å². The van der Waals surface area contributed by atoms with E-state index in [-0.39, 0.29) is 36.3 Å². The van der Waals surface area contributed by atoms with E-state index in [9.17, 15) is 9.59 Å². The molecule has 0 saturated heterocycles. The molecule has 5 rings (SSSR count). The Labute approximate surface area is 233 Å². The van der Waals surface area contributed by atoms with E-state index >= 15 is 0 Å². The average molecular weight is 540 g/mol. The average Bonchev–Trinajstić information content (AvgIpc) is 3.61. The molecule has 0 atom stereocenters. The minimum Gasteiger partial charge on any atom is -0.454 e. The number of benzene rings is 3. The molecule has 1 aromatic heterocycles. The molecule has 0 saturated carbocycles.